The zero-order valence-electron chi connectivity index (χ0n) is 19.2. The topological polar surface area (TPSA) is 61.8 Å². The molecule has 0 aromatic heterocycles. The molecule has 30 heavy (non-hydrogen) atoms. The van der Waals surface area contributed by atoms with E-state index in [9.17, 15) is 9.59 Å². The molecule has 0 saturated carbocycles. The van der Waals surface area contributed by atoms with Crippen LogP contribution in [0.15, 0.2) is 54.6 Å². The quantitative estimate of drug-likeness (QED) is 0.333. The Kier molecular flexibility index (Phi) is 9.73. The van der Waals surface area contributed by atoms with E-state index < -0.39 is 23.1 Å². The maximum atomic E-state index is 11.9. The molecule has 5 nitrogen and oxygen atoms in total. The first kappa shape index (κ1) is 25.4. The molecule has 0 aliphatic rings. The number of benzene rings is 2. The SMILES string of the molecule is CC(C)(C)OOC(=O)c1cccc(C(=O)OC(C)(C)C)c1.CCCc1ccccc1. The first-order valence-corrected chi connectivity index (χ1v) is 10.2. The molecule has 5 heteroatoms. The fourth-order valence-corrected chi connectivity index (χ4v) is 2.25. The van der Waals surface area contributed by atoms with E-state index in [-0.39, 0.29) is 11.1 Å². The van der Waals surface area contributed by atoms with Gasteiger partial charge in [-0.1, -0.05) is 49.7 Å². The Labute approximate surface area is 180 Å². The number of ether oxygens (including phenoxy) is 1. The van der Waals surface area contributed by atoms with Crippen LogP contribution in [0.5, 0.6) is 0 Å². The molecule has 0 bridgehead atoms. The lowest BCUT2D eigenvalue weighted by Gasteiger charge is -2.19. The molecule has 0 aliphatic carbocycles. The van der Waals surface area contributed by atoms with E-state index in [1.54, 1.807) is 59.7 Å². The second-order valence-electron chi connectivity index (χ2n) is 8.88. The van der Waals surface area contributed by atoms with E-state index in [0.717, 1.165) is 0 Å². The number of carbonyl (C=O) groups excluding carboxylic acids is 2. The Hall–Kier alpha value is -2.66. The lowest BCUT2D eigenvalue weighted by atomic mass is 10.1. The van der Waals surface area contributed by atoms with Crippen molar-refractivity contribution < 1.29 is 24.1 Å². The molecule has 0 atom stereocenters. The van der Waals surface area contributed by atoms with Gasteiger partial charge in [0.15, 0.2) is 0 Å². The van der Waals surface area contributed by atoms with Gasteiger partial charge in [-0.15, -0.1) is 0 Å². The maximum absolute atomic E-state index is 11.9. The van der Waals surface area contributed by atoms with Crippen LogP contribution >= 0.6 is 0 Å². The van der Waals surface area contributed by atoms with Gasteiger partial charge < -0.3 is 4.74 Å². The lowest BCUT2D eigenvalue weighted by Crippen LogP contribution is -2.24. The van der Waals surface area contributed by atoms with Crippen molar-refractivity contribution in [1.29, 1.82) is 0 Å². The number of carbonyl (C=O) groups is 2. The van der Waals surface area contributed by atoms with Gasteiger partial charge >= 0.3 is 11.9 Å². The van der Waals surface area contributed by atoms with Gasteiger partial charge in [0.05, 0.1) is 11.1 Å². The first-order valence-electron chi connectivity index (χ1n) is 10.2. The van der Waals surface area contributed by atoms with Crippen molar-refractivity contribution >= 4 is 11.9 Å². The Bertz CT molecular complexity index is 798. The maximum Gasteiger partial charge on any atom is 0.373 e. The number of esters is 1. The van der Waals surface area contributed by atoms with Gasteiger partial charge in [-0.2, -0.15) is 4.89 Å². The second kappa shape index (κ2) is 11.5. The largest absolute Gasteiger partial charge is 0.456 e. The summed E-state index contributed by atoms with van der Waals surface area (Å²) in [7, 11) is 0. The van der Waals surface area contributed by atoms with Crippen molar-refractivity contribution in [2.24, 2.45) is 0 Å². The predicted molar refractivity (Wildman–Crippen MR) is 118 cm³/mol. The van der Waals surface area contributed by atoms with Crippen molar-refractivity contribution in [2.75, 3.05) is 0 Å². The zero-order chi connectivity index (χ0) is 22.8. The molecule has 0 saturated heterocycles. The van der Waals surface area contributed by atoms with E-state index in [4.69, 9.17) is 14.5 Å². The molecule has 164 valence electrons. The highest BCUT2D eigenvalue weighted by Crippen LogP contribution is 2.15. The normalized spacial score (nSPS) is 11.2. The average molecular weight is 415 g/mol. The van der Waals surface area contributed by atoms with Crippen LogP contribution in [0.1, 0.15) is 81.2 Å². The third kappa shape index (κ3) is 10.8. The fraction of sp³-hybridized carbons (Fsp3) is 0.440. The van der Waals surface area contributed by atoms with Crippen molar-refractivity contribution in [2.45, 2.75) is 72.5 Å². The fourth-order valence-electron chi connectivity index (χ4n) is 2.25. The number of aryl methyl sites for hydroxylation is 1. The molecule has 0 N–H and O–H groups in total. The van der Waals surface area contributed by atoms with Gasteiger partial charge in [0.1, 0.15) is 11.2 Å². The number of rotatable bonds is 5. The van der Waals surface area contributed by atoms with Crippen molar-refractivity contribution in [1.82, 2.24) is 0 Å². The van der Waals surface area contributed by atoms with Gasteiger partial charge in [-0.25, -0.2) is 9.59 Å². The van der Waals surface area contributed by atoms with E-state index in [1.165, 1.54) is 24.5 Å². The van der Waals surface area contributed by atoms with Crippen LogP contribution < -0.4 is 0 Å². The Morgan fingerprint density at radius 1 is 0.767 bits per heavy atom. The highest BCUT2D eigenvalue weighted by atomic mass is 17.2. The van der Waals surface area contributed by atoms with Gasteiger partial charge in [-0.05, 0) is 71.7 Å². The highest BCUT2D eigenvalue weighted by molar-refractivity contribution is 5.95. The summed E-state index contributed by atoms with van der Waals surface area (Å²) in [5.41, 5.74) is 0.763. The van der Waals surface area contributed by atoms with Crippen molar-refractivity contribution in [3.8, 4) is 0 Å². The summed E-state index contributed by atoms with van der Waals surface area (Å²) in [6.45, 7) is 12.8. The molecule has 0 heterocycles. The zero-order valence-corrected chi connectivity index (χ0v) is 19.2. The number of hydrogen-bond donors (Lipinski definition) is 0. The van der Waals surface area contributed by atoms with Crippen molar-refractivity contribution in [3.63, 3.8) is 0 Å². The second-order valence-corrected chi connectivity index (χ2v) is 8.88. The third-order valence-corrected chi connectivity index (χ3v) is 3.48. The summed E-state index contributed by atoms with van der Waals surface area (Å²) >= 11 is 0. The molecule has 0 fully saturated rings. The van der Waals surface area contributed by atoms with E-state index >= 15 is 0 Å². The standard InChI is InChI=1S/C16H22O5.C9H12/c1-15(2,3)19-13(17)11-8-7-9-12(10-11)14(18)20-21-16(4,5)6;1-2-6-9-7-4-3-5-8-9/h7-10H,1-6H3;3-5,7-8H,2,6H2,1H3. The first-order chi connectivity index (χ1) is 13.9. The minimum absolute atomic E-state index is 0.225. The molecule has 2 aromatic rings. The smallest absolute Gasteiger partial charge is 0.373 e. The summed E-state index contributed by atoms with van der Waals surface area (Å²) < 4.78 is 5.25. The minimum atomic E-state index is -0.657. The summed E-state index contributed by atoms with van der Waals surface area (Å²) in [4.78, 5) is 33.5. The van der Waals surface area contributed by atoms with E-state index in [1.807, 2.05) is 0 Å². The molecule has 0 radical (unpaired) electrons. The summed E-state index contributed by atoms with van der Waals surface area (Å²) in [6, 6.07) is 16.7. The van der Waals surface area contributed by atoms with Crippen LogP contribution in [-0.4, -0.2) is 23.1 Å². The van der Waals surface area contributed by atoms with Gasteiger partial charge in [0, 0.05) is 0 Å². The predicted octanol–water partition coefficient (Wildman–Crippen LogP) is 6.17. The molecule has 2 aromatic carbocycles. The minimum Gasteiger partial charge on any atom is -0.456 e. The van der Waals surface area contributed by atoms with Crippen molar-refractivity contribution in [3.05, 3.63) is 71.3 Å². The van der Waals surface area contributed by atoms with Gasteiger partial charge in [0.2, 0.25) is 0 Å². The Morgan fingerprint density at radius 2 is 1.33 bits per heavy atom. The molecule has 0 aliphatic heterocycles. The average Bonchev–Trinajstić information content (AvgIpc) is 2.66. The number of hydrogen-bond acceptors (Lipinski definition) is 5. The van der Waals surface area contributed by atoms with Gasteiger partial charge in [-0.3, -0.25) is 4.89 Å². The summed E-state index contributed by atoms with van der Waals surface area (Å²) in [6.07, 6.45) is 2.45. The van der Waals surface area contributed by atoms with Gasteiger partial charge in [0.25, 0.3) is 0 Å². The van der Waals surface area contributed by atoms with Crippen LogP contribution in [0.3, 0.4) is 0 Å². The highest BCUT2D eigenvalue weighted by Gasteiger charge is 2.20. The Morgan fingerprint density at radius 3 is 1.83 bits per heavy atom. The van der Waals surface area contributed by atoms with E-state index in [2.05, 4.69) is 37.3 Å². The van der Waals surface area contributed by atoms with Crippen LogP contribution in [0.4, 0.5) is 0 Å². The lowest BCUT2D eigenvalue weighted by molar-refractivity contribution is -0.301. The molecule has 0 spiro atoms. The monoisotopic (exact) mass is 414 g/mol. The molecule has 0 amide bonds. The summed E-state index contributed by atoms with van der Waals surface area (Å²) in [5.74, 6) is -1.15. The van der Waals surface area contributed by atoms with Crippen LogP contribution in [0.25, 0.3) is 0 Å². The van der Waals surface area contributed by atoms with Crippen LogP contribution in [0, 0.1) is 0 Å². The summed E-state index contributed by atoms with van der Waals surface area (Å²) in [5, 5.41) is 0. The third-order valence-electron chi connectivity index (χ3n) is 3.48. The Balaban J connectivity index is 0.000000414. The molecular weight excluding hydrogens is 380 g/mol. The molecular formula is C25H34O5. The van der Waals surface area contributed by atoms with Crippen LogP contribution in [-0.2, 0) is 20.9 Å². The van der Waals surface area contributed by atoms with Crippen LogP contribution in [0.2, 0.25) is 0 Å². The molecule has 0 unspecified atom stereocenters. The van der Waals surface area contributed by atoms with E-state index in [0.29, 0.717) is 0 Å². The molecule has 2 rings (SSSR count).